The van der Waals surface area contributed by atoms with Crippen molar-refractivity contribution in [3.05, 3.63) is 21.9 Å². The van der Waals surface area contributed by atoms with E-state index in [9.17, 15) is 9.90 Å². The van der Waals surface area contributed by atoms with Crippen LogP contribution in [-0.2, 0) is 6.42 Å². The summed E-state index contributed by atoms with van der Waals surface area (Å²) in [4.78, 5) is 15.4. The first-order chi connectivity index (χ1) is 8.63. The molecule has 1 amide bonds. The third-order valence-corrected chi connectivity index (χ3v) is 4.52. The van der Waals surface area contributed by atoms with Crippen LogP contribution in [0.3, 0.4) is 0 Å². The summed E-state index contributed by atoms with van der Waals surface area (Å²) in [5.41, 5.74) is 1.15. The van der Waals surface area contributed by atoms with Crippen LogP contribution in [0.2, 0.25) is 0 Å². The van der Waals surface area contributed by atoms with Gasteiger partial charge in [-0.2, -0.15) is 0 Å². The van der Waals surface area contributed by atoms with Crippen molar-refractivity contribution in [3.63, 3.8) is 0 Å². The molecule has 1 saturated heterocycles. The van der Waals surface area contributed by atoms with Crippen LogP contribution < -0.4 is 0 Å². The minimum atomic E-state index is -0.336. The van der Waals surface area contributed by atoms with Gasteiger partial charge in [0.15, 0.2) is 0 Å². The van der Waals surface area contributed by atoms with Gasteiger partial charge in [0, 0.05) is 12.6 Å². The van der Waals surface area contributed by atoms with Gasteiger partial charge in [-0.15, -0.1) is 11.3 Å². The molecule has 0 aliphatic carbocycles. The molecule has 1 fully saturated rings. The Morgan fingerprint density at radius 1 is 1.67 bits per heavy atom. The SMILES string of the molecule is CCc1ccsc1C(=O)N1CCCC1CC(C)O. The van der Waals surface area contributed by atoms with E-state index < -0.39 is 0 Å². The van der Waals surface area contributed by atoms with Gasteiger partial charge in [0.2, 0.25) is 0 Å². The molecule has 0 spiro atoms. The highest BCUT2D eigenvalue weighted by atomic mass is 32.1. The smallest absolute Gasteiger partial charge is 0.264 e. The molecule has 2 rings (SSSR count). The number of rotatable bonds is 4. The molecule has 2 unspecified atom stereocenters. The number of hydrogen-bond donors (Lipinski definition) is 1. The predicted octanol–water partition coefficient (Wildman–Crippen LogP) is 2.69. The Morgan fingerprint density at radius 3 is 3.11 bits per heavy atom. The van der Waals surface area contributed by atoms with E-state index in [0.717, 1.165) is 36.2 Å². The van der Waals surface area contributed by atoms with Crippen LogP contribution in [0.15, 0.2) is 11.4 Å². The van der Waals surface area contributed by atoms with E-state index >= 15 is 0 Å². The van der Waals surface area contributed by atoms with Gasteiger partial charge in [0.05, 0.1) is 11.0 Å². The third kappa shape index (κ3) is 2.75. The fourth-order valence-corrected chi connectivity index (χ4v) is 3.62. The quantitative estimate of drug-likeness (QED) is 0.911. The lowest BCUT2D eigenvalue weighted by atomic mass is 10.1. The standard InChI is InChI=1S/C14H21NO2S/c1-3-11-6-8-18-13(11)14(17)15-7-4-5-12(15)9-10(2)16/h6,8,10,12,16H,3-5,7,9H2,1-2H3. The van der Waals surface area contributed by atoms with Crippen LogP contribution in [0.4, 0.5) is 0 Å². The Morgan fingerprint density at radius 2 is 2.44 bits per heavy atom. The Hall–Kier alpha value is -0.870. The third-order valence-electron chi connectivity index (χ3n) is 3.57. The van der Waals surface area contributed by atoms with Crippen molar-refractivity contribution < 1.29 is 9.90 Å². The lowest BCUT2D eigenvalue weighted by Crippen LogP contribution is -2.37. The molecule has 1 aliphatic heterocycles. The van der Waals surface area contributed by atoms with Crippen LogP contribution in [0.1, 0.15) is 48.3 Å². The first kappa shape index (κ1) is 13.6. The van der Waals surface area contributed by atoms with Crippen molar-refractivity contribution in [3.8, 4) is 0 Å². The van der Waals surface area contributed by atoms with Crippen molar-refractivity contribution >= 4 is 17.2 Å². The molecule has 1 aliphatic rings. The van der Waals surface area contributed by atoms with Crippen molar-refractivity contribution in [2.45, 2.75) is 51.7 Å². The average molecular weight is 267 g/mol. The van der Waals surface area contributed by atoms with E-state index in [0.29, 0.717) is 6.42 Å². The number of aryl methyl sites for hydroxylation is 1. The fraction of sp³-hybridized carbons (Fsp3) is 0.643. The molecule has 0 bridgehead atoms. The second kappa shape index (κ2) is 5.85. The predicted molar refractivity (Wildman–Crippen MR) is 74.1 cm³/mol. The van der Waals surface area contributed by atoms with Gasteiger partial charge >= 0.3 is 0 Å². The van der Waals surface area contributed by atoms with Gasteiger partial charge in [-0.25, -0.2) is 0 Å². The molecule has 3 nitrogen and oxygen atoms in total. The zero-order chi connectivity index (χ0) is 13.1. The van der Waals surface area contributed by atoms with Crippen molar-refractivity contribution in [2.75, 3.05) is 6.54 Å². The first-order valence-corrected chi connectivity index (χ1v) is 7.56. The lowest BCUT2D eigenvalue weighted by molar-refractivity contribution is 0.0686. The van der Waals surface area contributed by atoms with Crippen LogP contribution >= 0.6 is 11.3 Å². The van der Waals surface area contributed by atoms with E-state index in [1.54, 1.807) is 6.92 Å². The largest absolute Gasteiger partial charge is 0.393 e. The zero-order valence-electron chi connectivity index (χ0n) is 11.1. The Balaban J connectivity index is 2.13. The number of hydrogen-bond acceptors (Lipinski definition) is 3. The first-order valence-electron chi connectivity index (χ1n) is 6.68. The number of amides is 1. The summed E-state index contributed by atoms with van der Waals surface area (Å²) in [7, 11) is 0. The van der Waals surface area contributed by atoms with Gasteiger partial charge in [-0.05, 0) is 49.6 Å². The van der Waals surface area contributed by atoms with Crippen LogP contribution in [0.5, 0.6) is 0 Å². The number of aliphatic hydroxyl groups excluding tert-OH is 1. The van der Waals surface area contributed by atoms with Crippen molar-refractivity contribution in [2.24, 2.45) is 0 Å². The molecule has 1 aromatic heterocycles. The van der Waals surface area contributed by atoms with E-state index in [1.807, 2.05) is 16.3 Å². The molecule has 0 aromatic carbocycles. The molecular formula is C14H21NO2S. The van der Waals surface area contributed by atoms with E-state index in [2.05, 4.69) is 6.92 Å². The number of likely N-dealkylation sites (tertiary alicyclic amines) is 1. The summed E-state index contributed by atoms with van der Waals surface area (Å²) >= 11 is 1.54. The summed E-state index contributed by atoms with van der Waals surface area (Å²) in [5.74, 6) is 0.157. The molecular weight excluding hydrogens is 246 g/mol. The van der Waals surface area contributed by atoms with E-state index in [-0.39, 0.29) is 18.1 Å². The maximum Gasteiger partial charge on any atom is 0.264 e. The molecule has 2 atom stereocenters. The van der Waals surface area contributed by atoms with Gasteiger partial charge in [0.25, 0.3) is 5.91 Å². The van der Waals surface area contributed by atoms with Gasteiger partial charge in [0.1, 0.15) is 0 Å². The molecule has 0 radical (unpaired) electrons. The Bertz CT molecular complexity index is 414. The minimum absolute atomic E-state index is 0.157. The summed E-state index contributed by atoms with van der Waals surface area (Å²) < 4.78 is 0. The highest BCUT2D eigenvalue weighted by Gasteiger charge is 2.31. The summed E-state index contributed by atoms with van der Waals surface area (Å²) in [6.07, 6.45) is 3.33. The van der Waals surface area contributed by atoms with Gasteiger partial charge in [-0.3, -0.25) is 4.79 Å². The van der Waals surface area contributed by atoms with Crippen LogP contribution in [0.25, 0.3) is 0 Å². The summed E-state index contributed by atoms with van der Waals surface area (Å²) in [6.45, 7) is 4.71. The van der Waals surface area contributed by atoms with E-state index in [4.69, 9.17) is 0 Å². The Kier molecular flexibility index (Phi) is 4.40. The lowest BCUT2D eigenvalue weighted by Gasteiger charge is -2.25. The van der Waals surface area contributed by atoms with Crippen molar-refractivity contribution in [1.82, 2.24) is 4.90 Å². The summed E-state index contributed by atoms with van der Waals surface area (Å²) in [6, 6.07) is 2.25. The monoisotopic (exact) mass is 267 g/mol. The average Bonchev–Trinajstić information content (AvgIpc) is 2.95. The van der Waals surface area contributed by atoms with Gasteiger partial charge < -0.3 is 10.0 Å². The number of carbonyl (C=O) groups excluding carboxylic acids is 1. The maximum absolute atomic E-state index is 12.5. The molecule has 2 heterocycles. The Labute approximate surface area is 112 Å². The molecule has 4 heteroatoms. The second-order valence-corrected chi connectivity index (χ2v) is 5.92. The number of aliphatic hydroxyl groups is 1. The second-order valence-electron chi connectivity index (χ2n) is 5.01. The van der Waals surface area contributed by atoms with Crippen LogP contribution in [-0.4, -0.2) is 34.6 Å². The minimum Gasteiger partial charge on any atom is -0.393 e. The highest BCUT2D eigenvalue weighted by molar-refractivity contribution is 7.12. The maximum atomic E-state index is 12.5. The number of thiophene rings is 1. The van der Waals surface area contributed by atoms with Gasteiger partial charge in [-0.1, -0.05) is 6.92 Å². The number of carbonyl (C=O) groups is 1. The molecule has 1 N–H and O–H groups in total. The molecule has 100 valence electrons. The fourth-order valence-electron chi connectivity index (χ4n) is 2.67. The highest BCUT2D eigenvalue weighted by Crippen LogP contribution is 2.27. The zero-order valence-corrected chi connectivity index (χ0v) is 11.9. The molecule has 1 aromatic rings. The summed E-state index contributed by atoms with van der Waals surface area (Å²) in [5, 5.41) is 11.5. The van der Waals surface area contributed by atoms with Crippen LogP contribution in [0, 0.1) is 0 Å². The topological polar surface area (TPSA) is 40.5 Å². The van der Waals surface area contributed by atoms with E-state index in [1.165, 1.54) is 11.3 Å². The molecule has 18 heavy (non-hydrogen) atoms. The van der Waals surface area contributed by atoms with Crippen molar-refractivity contribution in [1.29, 1.82) is 0 Å². The normalized spacial score (nSPS) is 21.3. The molecule has 0 saturated carbocycles. The number of nitrogens with zero attached hydrogens (tertiary/aromatic N) is 1.